The number of aromatic amines is 1. The van der Waals surface area contributed by atoms with E-state index in [1.807, 2.05) is 54.6 Å². The normalized spacial score (nSPS) is 11.6. The number of rotatable bonds is 4. The molecule has 0 atom stereocenters. The van der Waals surface area contributed by atoms with E-state index in [4.69, 9.17) is 0 Å². The van der Waals surface area contributed by atoms with Gasteiger partial charge in [0.2, 0.25) is 0 Å². The van der Waals surface area contributed by atoms with Gasteiger partial charge in [0.25, 0.3) is 11.5 Å². The molecule has 1 aromatic heterocycles. The van der Waals surface area contributed by atoms with Gasteiger partial charge in [-0.15, -0.1) is 0 Å². The van der Waals surface area contributed by atoms with Crippen LogP contribution in [0.1, 0.15) is 28.5 Å². The molecular weight excluding hydrogens is 380 g/mol. The highest BCUT2D eigenvalue weighted by Gasteiger charge is 2.16. The predicted molar refractivity (Wildman–Crippen MR) is 116 cm³/mol. The average molecular weight is 400 g/mol. The predicted octanol–water partition coefficient (Wildman–Crippen LogP) is 3.49. The minimum absolute atomic E-state index is 0.109. The van der Waals surface area contributed by atoms with Crippen LogP contribution in [-0.4, -0.2) is 26.5 Å². The van der Waals surface area contributed by atoms with Crippen LogP contribution in [0.25, 0.3) is 16.5 Å². The van der Waals surface area contributed by atoms with Crippen molar-refractivity contribution in [1.82, 2.24) is 15.2 Å². The summed E-state index contributed by atoms with van der Waals surface area (Å²) < 4.78 is 1.43. The number of benzene rings is 3. The number of nitrogens with one attached hydrogen (secondary N) is 2. The first-order valence-electron chi connectivity index (χ1n) is 9.39. The molecule has 150 valence electrons. The lowest BCUT2D eigenvalue weighted by Crippen LogP contribution is -2.23. The summed E-state index contributed by atoms with van der Waals surface area (Å²) in [7, 11) is 0. The quantitative estimate of drug-likeness (QED) is 0.361. The van der Waals surface area contributed by atoms with E-state index in [2.05, 4.69) is 15.6 Å². The number of nitrogens with zero attached hydrogens (tertiary/aromatic N) is 2. The van der Waals surface area contributed by atoms with Gasteiger partial charge < -0.3 is 5.11 Å². The number of aryl methyl sites for hydroxylation is 1. The Kier molecular flexibility index (Phi) is 4.93. The number of aromatic hydroxyl groups is 1. The molecule has 4 aromatic rings. The lowest BCUT2D eigenvalue weighted by molar-refractivity contribution is 0.0952. The second-order valence-electron chi connectivity index (χ2n) is 6.94. The summed E-state index contributed by atoms with van der Waals surface area (Å²) in [6.45, 7) is 3.42. The van der Waals surface area contributed by atoms with Crippen molar-refractivity contribution in [1.29, 1.82) is 0 Å². The van der Waals surface area contributed by atoms with Crippen LogP contribution in [0.4, 0.5) is 0 Å². The third-order valence-electron chi connectivity index (χ3n) is 4.88. The number of hydrogen-bond acceptors (Lipinski definition) is 4. The Morgan fingerprint density at radius 2 is 1.67 bits per heavy atom. The Hall–Kier alpha value is -4.13. The highest BCUT2D eigenvalue weighted by atomic mass is 16.3. The van der Waals surface area contributed by atoms with Crippen LogP contribution in [0.3, 0.4) is 0 Å². The first kappa shape index (κ1) is 19.2. The molecule has 1 amide bonds. The number of carbonyl (C=O) groups excluding carboxylic acids is 1. The van der Waals surface area contributed by atoms with Crippen molar-refractivity contribution in [2.24, 2.45) is 5.10 Å². The Bertz CT molecular complexity index is 1330. The number of para-hydroxylation sites is 1. The van der Waals surface area contributed by atoms with Crippen molar-refractivity contribution >= 4 is 22.4 Å². The molecule has 0 spiro atoms. The lowest BCUT2D eigenvalue weighted by Gasteiger charge is -2.06. The first-order valence-corrected chi connectivity index (χ1v) is 9.39. The summed E-state index contributed by atoms with van der Waals surface area (Å²) in [5.74, 6) is -0.697. The Labute approximate surface area is 172 Å². The SMILES string of the molecule is CC(=NNC(=O)c1cc2ccccc2cc1O)c1c(C)[nH]n(-c2ccccc2)c1=O. The number of hydrazone groups is 1. The third kappa shape index (κ3) is 3.48. The number of H-pyrrole nitrogens is 1. The van der Waals surface area contributed by atoms with E-state index in [1.165, 1.54) is 10.7 Å². The molecule has 0 unspecified atom stereocenters. The molecule has 7 heteroatoms. The molecule has 0 saturated heterocycles. The standard InChI is InChI=1S/C23H20N4O3/c1-14(21-15(2)26-27(23(21)30)18-10-4-3-5-11-18)24-25-22(29)19-12-16-8-6-7-9-17(16)13-20(19)28/h3-13,26,28H,1-2H3,(H,25,29). The zero-order chi connectivity index (χ0) is 21.3. The molecule has 0 saturated carbocycles. The molecular formula is C23H20N4O3. The fourth-order valence-electron chi connectivity index (χ4n) is 3.39. The Morgan fingerprint density at radius 1 is 1.03 bits per heavy atom. The van der Waals surface area contributed by atoms with E-state index in [-0.39, 0.29) is 16.9 Å². The number of amides is 1. The smallest absolute Gasteiger partial charge is 0.280 e. The van der Waals surface area contributed by atoms with E-state index in [1.54, 1.807) is 19.9 Å². The van der Waals surface area contributed by atoms with Gasteiger partial charge in [-0.3, -0.25) is 14.7 Å². The summed E-state index contributed by atoms with van der Waals surface area (Å²) >= 11 is 0. The number of phenolic OH excluding ortho intramolecular Hbond substituents is 1. The zero-order valence-electron chi connectivity index (χ0n) is 16.5. The molecule has 3 N–H and O–H groups in total. The summed E-state index contributed by atoms with van der Waals surface area (Å²) in [4.78, 5) is 25.4. The topological polar surface area (TPSA) is 99.5 Å². The van der Waals surface area contributed by atoms with Crippen LogP contribution < -0.4 is 11.0 Å². The van der Waals surface area contributed by atoms with Gasteiger partial charge in [0.1, 0.15) is 5.75 Å². The van der Waals surface area contributed by atoms with Crippen LogP contribution in [0, 0.1) is 6.92 Å². The molecule has 0 aliphatic heterocycles. The Balaban J connectivity index is 1.62. The van der Waals surface area contributed by atoms with Gasteiger partial charge in [0.15, 0.2) is 0 Å². The van der Waals surface area contributed by atoms with Crippen LogP contribution >= 0.6 is 0 Å². The van der Waals surface area contributed by atoms with Gasteiger partial charge in [-0.1, -0.05) is 42.5 Å². The van der Waals surface area contributed by atoms with Crippen LogP contribution in [-0.2, 0) is 0 Å². The van der Waals surface area contributed by atoms with Crippen LogP contribution in [0.2, 0.25) is 0 Å². The lowest BCUT2D eigenvalue weighted by atomic mass is 10.1. The molecule has 0 aliphatic carbocycles. The molecule has 30 heavy (non-hydrogen) atoms. The Morgan fingerprint density at radius 3 is 2.37 bits per heavy atom. The van der Waals surface area contributed by atoms with Crippen LogP contribution in [0.5, 0.6) is 5.75 Å². The van der Waals surface area contributed by atoms with Crippen molar-refractivity contribution < 1.29 is 9.90 Å². The van der Waals surface area contributed by atoms with Crippen molar-refractivity contribution in [3.05, 3.63) is 93.9 Å². The second-order valence-corrected chi connectivity index (χ2v) is 6.94. The molecule has 0 aliphatic rings. The van der Waals surface area contributed by atoms with E-state index in [0.717, 1.165) is 10.8 Å². The maximum Gasteiger partial charge on any atom is 0.280 e. The van der Waals surface area contributed by atoms with E-state index < -0.39 is 5.91 Å². The maximum absolute atomic E-state index is 12.8. The molecule has 0 fully saturated rings. The number of carbonyl (C=O) groups is 1. The van der Waals surface area contributed by atoms with Crippen molar-refractivity contribution in [3.8, 4) is 11.4 Å². The minimum atomic E-state index is -0.561. The second kappa shape index (κ2) is 7.71. The molecule has 1 heterocycles. The van der Waals surface area contributed by atoms with Gasteiger partial charge in [0, 0.05) is 5.69 Å². The van der Waals surface area contributed by atoms with Gasteiger partial charge >= 0.3 is 0 Å². The molecule has 3 aromatic carbocycles. The minimum Gasteiger partial charge on any atom is -0.507 e. The van der Waals surface area contributed by atoms with E-state index >= 15 is 0 Å². The zero-order valence-corrected chi connectivity index (χ0v) is 16.5. The van der Waals surface area contributed by atoms with Gasteiger partial charge in [-0.2, -0.15) is 5.10 Å². The van der Waals surface area contributed by atoms with E-state index in [0.29, 0.717) is 22.7 Å². The largest absolute Gasteiger partial charge is 0.507 e. The summed E-state index contributed by atoms with van der Waals surface area (Å²) in [5.41, 5.74) is 4.35. The molecule has 7 nitrogen and oxygen atoms in total. The van der Waals surface area contributed by atoms with E-state index in [9.17, 15) is 14.7 Å². The van der Waals surface area contributed by atoms with Crippen molar-refractivity contribution in [3.63, 3.8) is 0 Å². The number of aromatic nitrogens is 2. The van der Waals surface area contributed by atoms with Crippen molar-refractivity contribution in [2.45, 2.75) is 13.8 Å². The summed E-state index contributed by atoms with van der Waals surface area (Å²) in [6.07, 6.45) is 0. The fraction of sp³-hybridized carbons (Fsp3) is 0.0870. The fourth-order valence-corrected chi connectivity index (χ4v) is 3.39. The van der Waals surface area contributed by atoms with Crippen molar-refractivity contribution in [2.75, 3.05) is 0 Å². The number of phenols is 1. The molecule has 0 bridgehead atoms. The molecule has 0 radical (unpaired) electrons. The highest BCUT2D eigenvalue weighted by Crippen LogP contribution is 2.24. The average Bonchev–Trinajstić information content (AvgIpc) is 3.06. The first-order chi connectivity index (χ1) is 14.5. The number of hydrogen-bond donors (Lipinski definition) is 3. The van der Waals surface area contributed by atoms with Gasteiger partial charge in [-0.05, 0) is 48.9 Å². The maximum atomic E-state index is 12.8. The number of fused-ring (bicyclic) bond motifs is 1. The highest BCUT2D eigenvalue weighted by molar-refractivity contribution is 6.04. The van der Waals surface area contributed by atoms with Gasteiger partial charge in [0.05, 0.1) is 22.5 Å². The summed E-state index contributed by atoms with van der Waals surface area (Å²) in [6, 6.07) is 19.8. The third-order valence-corrected chi connectivity index (χ3v) is 4.88. The summed E-state index contributed by atoms with van der Waals surface area (Å²) in [5, 5.41) is 19.0. The molecule has 4 rings (SSSR count). The van der Waals surface area contributed by atoms with Crippen LogP contribution in [0.15, 0.2) is 76.6 Å². The van der Waals surface area contributed by atoms with Gasteiger partial charge in [-0.25, -0.2) is 10.1 Å². The monoisotopic (exact) mass is 400 g/mol.